The van der Waals surface area contributed by atoms with Gasteiger partial charge in [0.1, 0.15) is 11.6 Å². The Labute approximate surface area is 120 Å². The molecular formula is C15H18F5N. The van der Waals surface area contributed by atoms with Gasteiger partial charge in [0, 0.05) is 12.1 Å². The summed E-state index contributed by atoms with van der Waals surface area (Å²) in [5.74, 6) is -2.52. The molecule has 1 nitrogen and oxygen atoms in total. The van der Waals surface area contributed by atoms with E-state index in [1.807, 2.05) is 0 Å². The molecule has 1 aromatic rings. The highest BCUT2D eigenvalue weighted by atomic mass is 19.4. The van der Waals surface area contributed by atoms with Crippen LogP contribution < -0.4 is 5.32 Å². The molecule has 1 saturated carbocycles. The molecule has 0 aromatic heterocycles. The van der Waals surface area contributed by atoms with Crippen molar-refractivity contribution in [2.24, 2.45) is 5.92 Å². The number of halogens is 5. The molecule has 1 N–H and O–H groups in total. The zero-order valence-electron chi connectivity index (χ0n) is 11.5. The third-order valence-corrected chi connectivity index (χ3v) is 3.91. The lowest BCUT2D eigenvalue weighted by Gasteiger charge is -2.31. The van der Waals surface area contributed by atoms with Crippen molar-refractivity contribution in [1.29, 1.82) is 0 Å². The van der Waals surface area contributed by atoms with E-state index < -0.39 is 23.7 Å². The first kappa shape index (κ1) is 16.2. The molecule has 2 unspecified atom stereocenters. The molecule has 0 amide bonds. The van der Waals surface area contributed by atoms with Crippen LogP contribution in [0.25, 0.3) is 0 Å². The van der Waals surface area contributed by atoms with Gasteiger partial charge >= 0.3 is 6.18 Å². The molecule has 0 saturated heterocycles. The summed E-state index contributed by atoms with van der Waals surface area (Å²) in [5, 5.41) is 3.07. The highest BCUT2D eigenvalue weighted by Gasteiger charge is 2.41. The molecule has 2 rings (SSSR count). The first-order valence-corrected chi connectivity index (χ1v) is 7.09. The molecule has 0 aliphatic heterocycles. The van der Waals surface area contributed by atoms with Crippen LogP contribution in [0, 0.1) is 17.6 Å². The van der Waals surface area contributed by atoms with Crippen LogP contribution in [0.4, 0.5) is 22.0 Å². The van der Waals surface area contributed by atoms with Crippen molar-refractivity contribution in [3.63, 3.8) is 0 Å². The Kier molecular flexibility index (Phi) is 5.19. The van der Waals surface area contributed by atoms with Gasteiger partial charge in [-0.25, -0.2) is 8.78 Å². The van der Waals surface area contributed by atoms with Crippen molar-refractivity contribution in [3.05, 3.63) is 35.4 Å². The molecule has 1 fully saturated rings. The Hall–Kier alpha value is -1.17. The van der Waals surface area contributed by atoms with Crippen molar-refractivity contribution >= 4 is 0 Å². The van der Waals surface area contributed by atoms with Gasteiger partial charge < -0.3 is 5.32 Å². The van der Waals surface area contributed by atoms with E-state index in [-0.39, 0.29) is 18.9 Å². The van der Waals surface area contributed by atoms with Crippen LogP contribution in [0.2, 0.25) is 0 Å². The molecular weight excluding hydrogens is 289 g/mol. The van der Waals surface area contributed by atoms with Gasteiger partial charge in [0.2, 0.25) is 0 Å². The standard InChI is InChI=1S/C15H18F5N/c16-12-6-10(7-13(17)9-12)4-5-21-14-3-1-2-11(8-14)15(18,19)20/h6-7,9,11,14,21H,1-5,8H2. The van der Waals surface area contributed by atoms with E-state index in [1.165, 1.54) is 12.1 Å². The highest BCUT2D eigenvalue weighted by Crippen LogP contribution is 2.37. The molecule has 118 valence electrons. The monoisotopic (exact) mass is 307 g/mol. The first-order valence-electron chi connectivity index (χ1n) is 7.09. The predicted octanol–water partition coefficient (Wildman–Crippen LogP) is 4.22. The summed E-state index contributed by atoms with van der Waals surface area (Å²) in [6.45, 7) is 0.415. The van der Waals surface area contributed by atoms with Gasteiger partial charge in [-0.05, 0) is 49.9 Å². The van der Waals surface area contributed by atoms with E-state index in [9.17, 15) is 22.0 Å². The van der Waals surface area contributed by atoms with Crippen molar-refractivity contribution in [2.45, 2.75) is 44.3 Å². The fourth-order valence-corrected chi connectivity index (χ4v) is 2.85. The van der Waals surface area contributed by atoms with Crippen LogP contribution in [0.15, 0.2) is 18.2 Å². The summed E-state index contributed by atoms with van der Waals surface area (Å²) >= 11 is 0. The highest BCUT2D eigenvalue weighted by molar-refractivity contribution is 5.18. The first-order chi connectivity index (χ1) is 9.84. The zero-order valence-corrected chi connectivity index (χ0v) is 11.5. The fourth-order valence-electron chi connectivity index (χ4n) is 2.85. The van der Waals surface area contributed by atoms with Crippen molar-refractivity contribution < 1.29 is 22.0 Å². The molecule has 0 spiro atoms. The Morgan fingerprint density at radius 2 is 1.71 bits per heavy atom. The average Bonchev–Trinajstić information content (AvgIpc) is 2.37. The molecule has 6 heteroatoms. The van der Waals surface area contributed by atoms with E-state index in [2.05, 4.69) is 5.32 Å². The maximum Gasteiger partial charge on any atom is 0.391 e. The number of nitrogens with one attached hydrogen (secondary N) is 1. The largest absolute Gasteiger partial charge is 0.391 e. The maximum atomic E-state index is 13.0. The van der Waals surface area contributed by atoms with Gasteiger partial charge in [-0.3, -0.25) is 0 Å². The van der Waals surface area contributed by atoms with Crippen LogP contribution in [-0.2, 0) is 6.42 Å². The number of benzene rings is 1. The molecule has 1 aliphatic carbocycles. The third-order valence-electron chi connectivity index (χ3n) is 3.91. The minimum absolute atomic E-state index is 0.0843. The normalized spacial score (nSPS) is 23.3. The molecule has 2 atom stereocenters. The van der Waals surface area contributed by atoms with E-state index in [0.29, 0.717) is 31.4 Å². The minimum Gasteiger partial charge on any atom is -0.314 e. The second kappa shape index (κ2) is 6.73. The molecule has 0 heterocycles. The number of hydrogen-bond donors (Lipinski definition) is 1. The number of hydrogen-bond acceptors (Lipinski definition) is 1. The summed E-state index contributed by atoms with van der Waals surface area (Å²) in [6.07, 6.45) is -2.20. The predicted molar refractivity (Wildman–Crippen MR) is 69.9 cm³/mol. The van der Waals surface area contributed by atoms with E-state index in [0.717, 1.165) is 6.07 Å². The Morgan fingerprint density at radius 3 is 2.33 bits per heavy atom. The SMILES string of the molecule is Fc1cc(F)cc(CCNC2CCCC(C(F)(F)F)C2)c1. The van der Waals surface area contributed by atoms with Gasteiger partial charge in [0.15, 0.2) is 0 Å². The molecule has 1 aliphatic rings. The Morgan fingerprint density at radius 1 is 1.05 bits per heavy atom. The van der Waals surface area contributed by atoms with E-state index >= 15 is 0 Å². The summed E-state index contributed by atoms with van der Waals surface area (Å²) in [4.78, 5) is 0. The van der Waals surface area contributed by atoms with Gasteiger partial charge in [-0.15, -0.1) is 0 Å². The summed E-state index contributed by atoms with van der Waals surface area (Å²) in [6, 6.07) is 3.10. The van der Waals surface area contributed by atoms with Gasteiger partial charge in [0.25, 0.3) is 0 Å². The topological polar surface area (TPSA) is 12.0 Å². The lowest BCUT2D eigenvalue weighted by atomic mass is 9.85. The quantitative estimate of drug-likeness (QED) is 0.821. The molecule has 0 radical (unpaired) electrons. The van der Waals surface area contributed by atoms with Crippen LogP contribution in [0.1, 0.15) is 31.2 Å². The van der Waals surface area contributed by atoms with E-state index in [4.69, 9.17) is 0 Å². The minimum atomic E-state index is -4.13. The molecule has 1 aromatic carbocycles. The van der Waals surface area contributed by atoms with Crippen LogP contribution >= 0.6 is 0 Å². The summed E-state index contributed by atoms with van der Waals surface area (Å²) < 4.78 is 64.1. The van der Waals surface area contributed by atoms with Gasteiger partial charge in [-0.1, -0.05) is 6.42 Å². The van der Waals surface area contributed by atoms with Crippen LogP contribution in [0.5, 0.6) is 0 Å². The molecule has 21 heavy (non-hydrogen) atoms. The average molecular weight is 307 g/mol. The van der Waals surface area contributed by atoms with E-state index in [1.54, 1.807) is 0 Å². The summed E-state index contributed by atoms with van der Waals surface area (Å²) in [5.41, 5.74) is 0.503. The fraction of sp³-hybridized carbons (Fsp3) is 0.600. The Bertz CT molecular complexity index is 451. The van der Waals surface area contributed by atoms with Crippen molar-refractivity contribution in [1.82, 2.24) is 5.32 Å². The molecule has 0 bridgehead atoms. The van der Waals surface area contributed by atoms with Gasteiger partial charge in [0.05, 0.1) is 5.92 Å². The Balaban J connectivity index is 1.80. The van der Waals surface area contributed by atoms with Crippen molar-refractivity contribution in [3.8, 4) is 0 Å². The summed E-state index contributed by atoms with van der Waals surface area (Å²) in [7, 11) is 0. The number of rotatable bonds is 4. The lowest BCUT2D eigenvalue weighted by molar-refractivity contribution is -0.183. The van der Waals surface area contributed by atoms with Crippen LogP contribution in [-0.4, -0.2) is 18.8 Å². The zero-order chi connectivity index (χ0) is 15.5. The van der Waals surface area contributed by atoms with Gasteiger partial charge in [-0.2, -0.15) is 13.2 Å². The lowest BCUT2D eigenvalue weighted by Crippen LogP contribution is -2.39. The second-order valence-electron chi connectivity index (χ2n) is 5.58. The third kappa shape index (κ3) is 4.95. The van der Waals surface area contributed by atoms with Crippen LogP contribution in [0.3, 0.4) is 0 Å². The van der Waals surface area contributed by atoms with Crippen molar-refractivity contribution in [2.75, 3.05) is 6.54 Å². The smallest absolute Gasteiger partial charge is 0.314 e. The second-order valence-corrected chi connectivity index (χ2v) is 5.58. The number of alkyl halides is 3. The maximum absolute atomic E-state index is 13.0.